The molecule has 1 aliphatic rings. The lowest BCUT2D eigenvalue weighted by Gasteiger charge is -2.37. The average molecular weight is 462 g/mol. The fourth-order valence-electron chi connectivity index (χ4n) is 4.28. The summed E-state index contributed by atoms with van der Waals surface area (Å²) in [7, 11) is 0. The van der Waals surface area contributed by atoms with Gasteiger partial charge in [-0.3, -0.25) is 24.0 Å². The van der Waals surface area contributed by atoms with E-state index in [2.05, 4.69) is 15.0 Å². The van der Waals surface area contributed by atoms with Crippen molar-refractivity contribution in [2.45, 2.75) is 24.4 Å². The molecule has 0 aliphatic carbocycles. The number of nitrogens with one attached hydrogen (secondary N) is 1. The van der Waals surface area contributed by atoms with Gasteiger partial charge in [-0.05, 0) is 24.3 Å². The lowest BCUT2D eigenvalue weighted by atomic mass is 10.0. The lowest BCUT2D eigenvalue weighted by Crippen LogP contribution is -2.55. The van der Waals surface area contributed by atoms with Crippen LogP contribution in [0.5, 0.6) is 0 Å². The highest BCUT2D eigenvalue weighted by molar-refractivity contribution is 6.05. The number of nitrogens with two attached hydrogens (primary N) is 1. The molecular weight excluding hydrogens is 440 g/mol. The van der Waals surface area contributed by atoms with E-state index < -0.39 is 36.0 Å². The molecule has 2 aromatic heterocycles. The van der Waals surface area contributed by atoms with Crippen molar-refractivity contribution >= 4 is 34.4 Å². The van der Waals surface area contributed by atoms with Crippen molar-refractivity contribution in [3.8, 4) is 0 Å². The van der Waals surface area contributed by atoms with Gasteiger partial charge in [-0.1, -0.05) is 36.4 Å². The number of benzene rings is 2. The minimum absolute atomic E-state index is 0.0298. The van der Waals surface area contributed by atoms with Gasteiger partial charge in [0.25, 0.3) is 17.2 Å². The van der Waals surface area contributed by atoms with E-state index in [1.165, 1.54) is 15.8 Å². The lowest BCUT2D eigenvalue weighted by molar-refractivity contribution is -0.172. The maximum absolute atomic E-state index is 14.4. The Bertz CT molecular complexity index is 1350. The fourth-order valence-corrected chi connectivity index (χ4v) is 4.28. The third-order valence-corrected chi connectivity index (χ3v) is 5.81. The Morgan fingerprint density at radius 1 is 1.18 bits per heavy atom. The summed E-state index contributed by atoms with van der Waals surface area (Å²) >= 11 is 0. The van der Waals surface area contributed by atoms with E-state index in [4.69, 9.17) is 10.5 Å². The van der Waals surface area contributed by atoms with Crippen molar-refractivity contribution in [3.05, 3.63) is 77.3 Å². The van der Waals surface area contributed by atoms with Crippen molar-refractivity contribution in [2.24, 2.45) is 0 Å². The monoisotopic (exact) mass is 462 g/mol. The molecule has 0 saturated carbocycles. The summed E-state index contributed by atoms with van der Waals surface area (Å²) in [5.41, 5.74) is 4.01. The molecule has 0 radical (unpaired) electrons. The maximum Gasteiger partial charge on any atom is 0.288 e. The number of aromatic nitrogens is 4. The molecule has 11 nitrogen and oxygen atoms in total. The third kappa shape index (κ3) is 3.34. The standard InChI is InChI=1S/C23H22N6O5/c24-22-26-19-18(20(32)27-22)25-13-28(19)23(17(31)11-16(12-30)34-23)21(33)29(14-7-3-1-4-8-14)15-9-5-2-6-10-15/h1-10,13,16-17,30-31H,11-12H2,(H3,24,26,27,32)/t16-,17+,23-/m0/s1. The first-order chi connectivity index (χ1) is 16.5. The first-order valence-electron chi connectivity index (χ1n) is 10.6. The number of hydrogen-bond donors (Lipinski definition) is 4. The van der Waals surface area contributed by atoms with Gasteiger partial charge in [0.1, 0.15) is 12.4 Å². The zero-order valence-electron chi connectivity index (χ0n) is 17.9. The molecule has 5 rings (SSSR count). The van der Waals surface area contributed by atoms with E-state index in [-0.39, 0.29) is 23.5 Å². The van der Waals surface area contributed by atoms with Crippen LogP contribution in [0, 0.1) is 0 Å². The largest absolute Gasteiger partial charge is 0.394 e. The summed E-state index contributed by atoms with van der Waals surface area (Å²) in [5.74, 6) is -0.843. The zero-order chi connectivity index (χ0) is 23.9. The van der Waals surface area contributed by atoms with Gasteiger partial charge < -0.3 is 20.7 Å². The number of fused-ring (bicyclic) bond motifs is 1. The molecule has 0 spiro atoms. The summed E-state index contributed by atoms with van der Waals surface area (Å²) in [5, 5.41) is 21.0. The highest BCUT2D eigenvalue weighted by atomic mass is 16.6. The van der Waals surface area contributed by atoms with Crippen molar-refractivity contribution in [3.63, 3.8) is 0 Å². The molecule has 5 N–H and O–H groups in total. The minimum Gasteiger partial charge on any atom is -0.394 e. The van der Waals surface area contributed by atoms with Crippen LogP contribution in [0.2, 0.25) is 0 Å². The molecule has 1 saturated heterocycles. The Hall–Kier alpha value is -4.06. The fraction of sp³-hybridized carbons (Fsp3) is 0.217. The molecule has 0 unspecified atom stereocenters. The molecule has 2 aromatic carbocycles. The Morgan fingerprint density at radius 2 is 1.79 bits per heavy atom. The van der Waals surface area contributed by atoms with Crippen LogP contribution in [0.3, 0.4) is 0 Å². The summed E-state index contributed by atoms with van der Waals surface area (Å²) in [6.07, 6.45) is -1.06. The molecule has 174 valence electrons. The van der Waals surface area contributed by atoms with Crippen LogP contribution < -0.4 is 16.2 Å². The number of para-hydroxylation sites is 2. The normalized spacial score (nSPS) is 22.2. The van der Waals surface area contributed by atoms with Crippen molar-refractivity contribution < 1.29 is 19.7 Å². The number of H-pyrrole nitrogens is 1. The van der Waals surface area contributed by atoms with Gasteiger partial charge in [-0.2, -0.15) is 4.98 Å². The molecular formula is C23H22N6O5. The molecule has 3 heterocycles. The Kier molecular flexibility index (Phi) is 5.36. The number of hydrogen-bond acceptors (Lipinski definition) is 8. The van der Waals surface area contributed by atoms with Crippen LogP contribution in [0.25, 0.3) is 11.2 Å². The smallest absolute Gasteiger partial charge is 0.288 e. The number of carbonyl (C=O) groups excluding carboxylic acids is 1. The van der Waals surface area contributed by atoms with Crippen molar-refractivity contribution in [2.75, 3.05) is 17.2 Å². The van der Waals surface area contributed by atoms with Crippen LogP contribution in [-0.4, -0.2) is 54.5 Å². The second kappa shape index (κ2) is 8.37. The van der Waals surface area contributed by atoms with Gasteiger partial charge >= 0.3 is 0 Å². The zero-order valence-corrected chi connectivity index (χ0v) is 17.9. The number of imidazole rings is 1. The summed E-state index contributed by atoms with van der Waals surface area (Å²) < 4.78 is 7.28. The van der Waals surface area contributed by atoms with E-state index in [9.17, 15) is 19.8 Å². The van der Waals surface area contributed by atoms with E-state index in [0.717, 1.165) is 0 Å². The third-order valence-electron chi connectivity index (χ3n) is 5.81. The number of rotatable bonds is 5. The van der Waals surface area contributed by atoms with Crippen LogP contribution in [0.1, 0.15) is 6.42 Å². The van der Waals surface area contributed by atoms with Gasteiger partial charge in [-0.15, -0.1) is 0 Å². The summed E-state index contributed by atoms with van der Waals surface area (Å²) in [6, 6.07) is 17.7. The quantitative estimate of drug-likeness (QED) is 0.340. The molecule has 11 heteroatoms. The number of carbonyl (C=O) groups is 1. The van der Waals surface area contributed by atoms with E-state index in [1.807, 2.05) is 12.1 Å². The Balaban J connectivity index is 1.77. The van der Waals surface area contributed by atoms with E-state index >= 15 is 0 Å². The van der Waals surface area contributed by atoms with Crippen molar-refractivity contribution in [1.29, 1.82) is 0 Å². The van der Waals surface area contributed by atoms with Gasteiger partial charge in [0.05, 0.1) is 12.7 Å². The highest BCUT2D eigenvalue weighted by Gasteiger charge is 2.58. The van der Waals surface area contributed by atoms with Crippen LogP contribution in [0.4, 0.5) is 17.3 Å². The molecule has 4 aromatic rings. The second-order valence-electron chi connectivity index (χ2n) is 7.92. The topological polar surface area (TPSA) is 160 Å². The first-order valence-corrected chi connectivity index (χ1v) is 10.6. The molecule has 0 bridgehead atoms. The van der Waals surface area contributed by atoms with Crippen LogP contribution in [-0.2, 0) is 15.3 Å². The predicted octanol–water partition coefficient (Wildman–Crippen LogP) is 0.862. The van der Waals surface area contributed by atoms with Crippen LogP contribution in [0.15, 0.2) is 71.8 Å². The van der Waals surface area contributed by atoms with E-state index in [0.29, 0.717) is 11.4 Å². The number of ether oxygens (including phenoxy) is 1. The van der Waals surface area contributed by atoms with Gasteiger partial charge in [-0.25, -0.2) is 4.98 Å². The van der Waals surface area contributed by atoms with E-state index in [1.54, 1.807) is 48.5 Å². The number of aliphatic hydroxyl groups is 2. The SMILES string of the molecule is Nc1nc2c(ncn2[C@]2(C(=O)N(c3ccccc3)c3ccccc3)O[C@H](CO)C[C@H]2O)c(=O)[nH]1. The highest BCUT2D eigenvalue weighted by Crippen LogP contribution is 2.41. The molecule has 1 aliphatic heterocycles. The average Bonchev–Trinajstić information content (AvgIpc) is 3.42. The second-order valence-corrected chi connectivity index (χ2v) is 7.92. The molecule has 1 amide bonds. The number of nitrogen functional groups attached to an aromatic ring is 1. The van der Waals surface area contributed by atoms with Gasteiger partial charge in [0, 0.05) is 17.8 Å². The minimum atomic E-state index is -2.08. The predicted molar refractivity (Wildman–Crippen MR) is 123 cm³/mol. The number of amides is 1. The molecule has 34 heavy (non-hydrogen) atoms. The van der Waals surface area contributed by atoms with Gasteiger partial charge in [0.15, 0.2) is 11.2 Å². The molecule has 3 atom stereocenters. The number of anilines is 3. The Morgan fingerprint density at radius 3 is 2.35 bits per heavy atom. The number of aliphatic hydroxyl groups excluding tert-OH is 2. The number of nitrogens with zero attached hydrogens (tertiary/aromatic N) is 4. The molecule has 1 fully saturated rings. The first kappa shape index (κ1) is 21.8. The van der Waals surface area contributed by atoms with Gasteiger partial charge in [0.2, 0.25) is 5.95 Å². The number of aromatic amines is 1. The maximum atomic E-state index is 14.4. The van der Waals surface area contributed by atoms with Crippen LogP contribution >= 0.6 is 0 Å². The Labute approximate surface area is 193 Å². The summed E-state index contributed by atoms with van der Waals surface area (Å²) in [6.45, 7) is -0.425. The summed E-state index contributed by atoms with van der Waals surface area (Å²) in [4.78, 5) is 38.8. The van der Waals surface area contributed by atoms with Crippen molar-refractivity contribution in [1.82, 2.24) is 19.5 Å².